The van der Waals surface area contributed by atoms with Crippen molar-refractivity contribution in [2.45, 2.75) is 59.1 Å². The van der Waals surface area contributed by atoms with Crippen LogP contribution in [0.1, 0.15) is 49.6 Å². The van der Waals surface area contributed by atoms with Crippen LogP contribution < -0.4 is 0 Å². The molecule has 0 spiro atoms. The summed E-state index contributed by atoms with van der Waals surface area (Å²) in [6.45, 7) is 9.26. The van der Waals surface area contributed by atoms with Gasteiger partial charge in [0.05, 0.1) is 11.2 Å². The number of rotatable bonds is 3. The van der Waals surface area contributed by atoms with E-state index < -0.39 is 0 Å². The third kappa shape index (κ3) is 3.53. The molecule has 0 radical (unpaired) electrons. The van der Waals surface area contributed by atoms with Crippen LogP contribution >= 0.6 is 23.5 Å². The van der Waals surface area contributed by atoms with E-state index in [2.05, 4.69) is 135 Å². The van der Waals surface area contributed by atoms with Crippen molar-refractivity contribution < 1.29 is 4.42 Å². The van der Waals surface area contributed by atoms with Crippen molar-refractivity contribution in [3.63, 3.8) is 0 Å². The van der Waals surface area contributed by atoms with Gasteiger partial charge in [0.1, 0.15) is 5.58 Å². The molecule has 44 heavy (non-hydrogen) atoms. The molecule has 0 bridgehead atoms. The summed E-state index contributed by atoms with van der Waals surface area (Å²) in [5, 5.41) is 3.60. The summed E-state index contributed by atoms with van der Waals surface area (Å²) in [7, 11) is 0. The van der Waals surface area contributed by atoms with Crippen LogP contribution in [0.4, 0.5) is 0 Å². The highest BCUT2D eigenvalue weighted by atomic mass is 32.2. The van der Waals surface area contributed by atoms with Gasteiger partial charge in [-0.3, -0.25) is 0 Å². The number of benzene rings is 5. The smallest absolute Gasteiger partial charge is 0.159 e. The molecule has 2 nitrogen and oxygen atoms in total. The van der Waals surface area contributed by atoms with Crippen LogP contribution in [0.15, 0.2) is 121 Å². The van der Waals surface area contributed by atoms with Crippen LogP contribution in [0.5, 0.6) is 0 Å². The summed E-state index contributed by atoms with van der Waals surface area (Å²) < 4.78 is 9.13. The second kappa shape index (κ2) is 9.44. The summed E-state index contributed by atoms with van der Waals surface area (Å²) in [5.41, 5.74) is 12.1. The Kier molecular flexibility index (Phi) is 5.64. The minimum absolute atomic E-state index is 0.121. The van der Waals surface area contributed by atoms with Crippen molar-refractivity contribution in [2.24, 2.45) is 0 Å². The van der Waals surface area contributed by atoms with Gasteiger partial charge in [0.2, 0.25) is 0 Å². The zero-order valence-corrected chi connectivity index (χ0v) is 26.8. The fraction of sp³-hybridized carbons (Fsp3) is 0.150. The van der Waals surface area contributed by atoms with Gasteiger partial charge in [-0.25, -0.2) is 0 Å². The Morgan fingerprint density at radius 2 is 1.48 bits per heavy atom. The number of aryl methyl sites for hydroxylation is 1. The second-order valence-electron chi connectivity index (χ2n) is 12.4. The molecule has 1 aliphatic carbocycles. The van der Waals surface area contributed by atoms with Gasteiger partial charge in [-0.05, 0) is 78.1 Å². The van der Waals surface area contributed by atoms with Crippen LogP contribution in [0.2, 0.25) is 0 Å². The molecule has 0 fully saturated rings. The highest BCUT2D eigenvalue weighted by Gasteiger charge is 2.39. The molecule has 2 aliphatic rings. The molecule has 2 aromatic heterocycles. The first-order valence-corrected chi connectivity index (χ1v) is 17.0. The molecular weight excluding hydrogens is 575 g/mol. The van der Waals surface area contributed by atoms with Crippen LogP contribution in [0.25, 0.3) is 55.7 Å². The Labute approximate surface area is 265 Å². The predicted octanol–water partition coefficient (Wildman–Crippen LogP) is 12.2. The molecule has 1 aliphatic heterocycles. The molecule has 0 N–H and O–H groups in total. The number of furan rings is 1. The first-order chi connectivity index (χ1) is 21.5. The van der Waals surface area contributed by atoms with Gasteiger partial charge in [-0.15, -0.1) is 0 Å². The molecule has 0 amide bonds. The number of para-hydroxylation sites is 2. The SMILES string of the molecule is CC/C=C\c1c(C)c2ccc3c(c2n1-c1cccc2c1oc1ccccc12)-c1cc2c(cc1C3(C)C)Sc1ccccc1S2. The number of hydrogen-bond donors (Lipinski definition) is 0. The largest absolute Gasteiger partial charge is 0.454 e. The maximum Gasteiger partial charge on any atom is 0.159 e. The van der Waals surface area contributed by atoms with E-state index in [0.29, 0.717) is 0 Å². The Morgan fingerprint density at radius 3 is 2.27 bits per heavy atom. The van der Waals surface area contributed by atoms with Gasteiger partial charge < -0.3 is 8.98 Å². The molecule has 4 heteroatoms. The molecular formula is C40H31NOS2. The van der Waals surface area contributed by atoms with E-state index in [0.717, 1.165) is 34.0 Å². The van der Waals surface area contributed by atoms with E-state index >= 15 is 0 Å². The van der Waals surface area contributed by atoms with Gasteiger partial charge in [0.15, 0.2) is 5.58 Å². The number of allylic oxidation sites excluding steroid dienone is 1. The van der Waals surface area contributed by atoms with Gasteiger partial charge in [-0.1, -0.05) is 105 Å². The van der Waals surface area contributed by atoms with Crippen molar-refractivity contribution >= 4 is 62.4 Å². The van der Waals surface area contributed by atoms with Crippen LogP contribution in [0, 0.1) is 6.92 Å². The third-order valence-corrected chi connectivity index (χ3v) is 12.1. The maximum atomic E-state index is 6.64. The molecule has 214 valence electrons. The van der Waals surface area contributed by atoms with Crippen molar-refractivity contribution in [3.05, 3.63) is 119 Å². The molecule has 9 rings (SSSR count). The lowest BCUT2D eigenvalue weighted by Gasteiger charge is -2.24. The number of aromatic nitrogens is 1. The number of nitrogens with zero attached hydrogens (tertiary/aromatic N) is 1. The Hall–Kier alpha value is -4.12. The maximum absolute atomic E-state index is 6.64. The fourth-order valence-electron chi connectivity index (χ4n) is 7.38. The zero-order valence-electron chi connectivity index (χ0n) is 25.2. The minimum Gasteiger partial charge on any atom is -0.454 e. The predicted molar refractivity (Wildman–Crippen MR) is 187 cm³/mol. The summed E-state index contributed by atoms with van der Waals surface area (Å²) in [4.78, 5) is 5.38. The lowest BCUT2D eigenvalue weighted by atomic mass is 9.82. The van der Waals surface area contributed by atoms with Crippen LogP contribution in [0.3, 0.4) is 0 Å². The minimum atomic E-state index is -0.121. The van der Waals surface area contributed by atoms with Crippen molar-refractivity contribution in [2.75, 3.05) is 0 Å². The first-order valence-electron chi connectivity index (χ1n) is 15.3. The molecule has 0 saturated carbocycles. The number of fused-ring (bicyclic) bond motifs is 10. The van der Waals surface area contributed by atoms with Crippen molar-refractivity contribution in [1.29, 1.82) is 0 Å². The van der Waals surface area contributed by atoms with Gasteiger partial charge in [-0.2, -0.15) is 0 Å². The Morgan fingerprint density at radius 1 is 0.750 bits per heavy atom. The summed E-state index contributed by atoms with van der Waals surface area (Å²) in [6.07, 6.45) is 5.56. The summed E-state index contributed by atoms with van der Waals surface area (Å²) in [5.74, 6) is 0. The highest BCUT2D eigenvalue weighted by molar-refractivity contribution is 8.05. The van der Waals surface area contributed by atoms with E-state index in [1.54, 1.807) is 0 Å². The lowest BCUT2D eigenvalue weighted by Crippen LogP contribution is -2.15. The van der Waals surface area contributed by atoms with Gasteiger partial charge >= 0.3 is 0 Å². The monoisotopic (exact) mass is 605 g/mol. The normalized spacial score (nSPS) is 14.8. The lowest BCUT2D eigenvalue weighted by molar-refractivity contribution is 0.658. The second-order valence-corrected chi connectivity index (χ2v) is 14.6. The van der Waals surface area contributed by atoms with E-state index in [9.17, 15) is 0 Å². The summed E-state index contributed by atoms with van der Waals surface area (Å²) in [6, 6.07) is 33.4. The first kappa shape index (κ1) is 26.3. The molecule has 7 aromatic rings. The molecule has 0 atom stereocenters. The Bertz CT molecular complexity index is 2370. The third-order valence-electron chi connectivity index (χ3n) is 9.56. The average Bonchev–Trinajstić information content (AvgIpc) is 3.63. The van der Waals surface area contributed by atoms with Gasteiger partial charge in [0.25, 0.3) is 0 Å². The number of hydrogen-bond acceptors (Lipinski definition) is 3. The topological polar surface area (TPSA) is 18.1 Å². The summed E-state index contributed by atoms with van der Waals surface area (Å²) >= 11 is 3.80. The molecule has 0 unspecified atom stereocenters. The highest BCUT2D eigenvalue weighted by Crippen LogP contribution is 2.57. The van der Waals surface area contributed by atoms with E-state index in [4.69, 9.17) is 4.42 Å². The molecule has 0 saturated heterocycles. The van der Waals surface area contributed by atoms with E-state index in [-0.39, 0.29) is 5.41 Å². The van der Waals surface area contributed by atoms with E-state index in [1.807, 2.05) is 23.5 Å². The average molecular weight is 606 g/mol. The Balaban J connectivity index is 1.39. The molecule has 5 aromatic carbocycles. The fourth-order valence-corrected chi connectivity index (χ4v) is 9.65. The van der Waals surface area contributed by atoms with Gasteiger partial charge in [0, 0.05) is 52.4 Å². The van der Waals surface area contributed by atoms with Crippen molar-refractivity contribution in [1.82, 2.24) is 4.57 Å². The van der Waals surface area contributed by atoms with Crippen LogP contribution in [-0.2, 0) is 5.41 Å². The van der Waals surface area contributed by atoms with Crippen molar-refractivity contribution in [3.8, 4) is 16.8 Å². The van der Waals surface area contributed by atoms with Crippen LogP contribution in [-0.4, -0.2) is 4.57 Å². The zero-order chi connectivity index (χ0) is 29.7. The van der Waals surface area contributed by atoms with E-state index in [1.165, 1.54) is 64.0 Å². The molecule has 3 heterocycles. The standard InChI is InChI=1S/C40H31NOS2/c1-5-6-14-30-23(2)24-19-20-28-37(38(24)41(30)31-15-11-13-26-25-12-7-8-16-32(25)42-39(26)31)27-21-35-36(22-29(27)40(28,3)4)44-34-18-10-9-17-33(34)43-35/h6-22H,5H2,1-4H3/b14-6-. The quantitative estimate of drug-likeness (QED) is 0.200.